The monoisotopic (exact) mass is 255 g/mol. The summed E-state index contributed by atoms with van der Waals surface area (Å²) in [5.74, 6) is 1.09. The van der Waals surface area contributed by atoms with Crippen LogP contribution >= 0.6 is 0 Å². The summed E-state index contributed by atoms with van der Waals surface area (Å²) >= 11 is 0. The standard InChI is InChI=1S/C17H21NO/c1-10-6-13-4-5-18-17(15(13)8-11(10)2)14-7-12(3)16(19)9-14/h4-6,8,12,14,17-18H,7,9H2,1-3H3/t12?,14?,17-/m1/s1. The molecule has 19 heavy (non-hydrogen) atoms. The molecule has 2 aliphatic rings. The first kappa shape index (κ1) is 12.5. The fourth-order valence-corrected chi connectivity index (χ4v) is 3.38. The molecule has 1 saturated carbocycles. The number of rotatable bonds is 1. The van der Waals surface area contributed by atoms with Crippen molar-refractivity contribution in [2.75, 3.05) is 0 Å². The number of Topliss-reactive ketones (excluding diaryl/α,β-unsaturated/α-hetero) is 1. The minimum absolute atomic E-state index is 0.229. The molecule has 0 spiro atoms. The third-order valence-electron chi connectivity index (χ3n) is 4.71. The van der Waals surface area contributed by atoms with E-state index in [0.29, 0.717) is 17.7 Å². The van der Waals surface area contributed by atoms with Crippen molar-refractivity contribution in [3.63, 3.8) is 0 Å². The highest BCUT2D eigenvalue weighted by molar-refractivity contribution is 5.83. The lowest BCUT2D eigenvalue weighted by Crippen LogP contribution is -2.26. The molecule has 1 aliphatic heterocycles. The molecule has 1 N–H and O–H groups in total. The van der Waals surface area contributed by atoms with E-state index in [1.807, 2.05) is 6.20 Å². The molecule has 1 aromatic carbocycles. The maximum atomic E-state index is 11.8. The van der Waals surface area contributed by atoms with E-state index in [2.05, 4.69) is 44.3 Å². The Morgan fingerprint density at radius 2 is 1.95 bits per heavy atom. The van der Waals surface area contributed by atoms with E-state index >= 15 is 0 Å². The lowest BCUT2D eigenvalue weighted by molar-refractivity contribution is -0.120. The van der Waals surface area contributed by atoms with Gasteiger partial charge in [-0.2, -0.15) is 0 Å². The second-order valence-corrected chi connectivity index (χ2v) is 6.11. The summed E-state index contributed by atoms with van der Waals surface area (Å²) in [7, 11) is 0. The van der Waals surface area contributed by atoms with E-state index < -0.39 is 0 Å². The number of nitrogens with one attached hydrogen (secondary N) is 1. The molecule has 0 bridgehead atoms. The second kappa shape index (κ2) is 4.52. The van der Waals surface area contributed by atoms with Crippen LogP contribution < -0.4 is 5.32 Å². The maximum Gasteiger partial charge on any atom is 0.136 e. The molecule has 1 aromatic rings. The van der Waals surface area contributed by atoms with Gasteiger partial charge in [-0.15, -0.1) is 0 Å². The largest absolute Gasteiger partial charge is 0.384 e. The molecule has 2 unspecified atom stereocenters. The van der Waals surface area contributed by atoms with Gasteiger partial charge in [0.15, 0.2) is 0 Å². The van der Waals surface area contributed by atoms with Gasteiger partial charge in [0.2, 0.25) is 0 Å². The van der Waals surface area contributed by atoms with Crippen molar-refractivity contribution < 1.29 is 4.79 Å². The summed E-state index contributed by atoms with van der Waals surface area (Å²) in [5.41, 5.74) is 5.33. The Hall–Kier alpha value is -1.57. The highest BCUT2D eigenvalue weighted by atomic mass is 16.1. The second-order valence-electron chi connectivity index (χ2n) is 6.11. The van der Waals surface area contributed by atoms with E-state index in [-0.39, 0.29) is 5.92 Å². The minimum Gasteiger partial charge on any atom is -0.384 e. The number of ketones is 1. The normalized spacial score (nSPS) is 29.2. The number of carbonyl (C=O) groups excluding carboxylic acids is 1. The third kappa shape index (κ3) is 2.09. The Morgan fingerprint density at radius 1 is 1.21 bits per heavy atom. The molecule has 1 fully saturated rings. The van der Waals surface area contributed by atoms with Gasteiger partial charge in [0, 0.05) is 12.3 Å². The number of fused-ring (bicyclic) bond motifs is 1. The summed E-state index contributed by atoms with van der Waals surface area (Å²) in [6.07, 6.45) is 5.91. The SMILES string of the molecule is Cc1cc2c(cc1C)[C@@H](C1CC(=O)C(C)C1)NC=C2. The first-order valence-corrected chi connectivity index (χ1v) is 7.12. The average molecular weight is 255 g/mol. The van der Waals surface area contributed by atoms with Crippen molar-refractivity contribution in [2.24, 2.45) is 11.8 Å². The van der Waals surface area contributed by atoms with Crippen LogP contribution in [-0.2, 0) is 4.79 Å². The predicted octanol–water partition coefficient (Wildman–Crippen LogP) is 3.53. The maximum absolute atomic E-state index is 11.8. The zero-order valence-corrected chi connectivity index (χ0v) is 11.9. The van der Waals surface area contributed by atoms with Crippen LogP contribution in [-0.4, -0.2) is 5.78 Å². The van der Waals surface area contributed by atoms with Crippen molar-refractivity contribution in [3.8, 4) is 0 Å². The molecule has 1 heterocycles. The van der Waals surface area contributed by atoms with Crippen LogP contribution in [0.15, 0.2) is 18.3 Å². The molecular formula is C17H21NO. The van der Waals surface area contributed by atoms with Crippen molar-refractivity contribution in [3.05, 3.63) is 40.6 Å². The minimum atomic E-state index is 0.229. The molecule has 100 valence electrons. The van der Waals surface area contributed by atoms with Gasteiger partial charge in [0.25, 0.3) is 0 Å². The van der Waals surface area contributed by atoms with Gasteiger partial charge in [-0.05, 0) is 60.7 Å². The third-order valence-corrected chi connectivity index (χ3v) is 4.71. The molecule has 3 rings (SSSR count). The van der Waals surface area contributed by atoms with Crippen LogP contribution in [0, 0.1) is 25.7 Å². The Labute approximate surface area is 114 Å². The van der Waals surface area contributed by atoms with Crippen LogP contribution in [0.25, 0.3) is 6.08 Å². The zero-order chi connectivity index (χ0) is 13.6. The van der Waals surface area contributed by atoms with E-state index in [4.69, 9.17) is 0 Å². The molecule has 1 aliphatic carbocycles. The number of aryl methyl sites for hydroxylation is 2. The lowest BCUT2D eigenvalue weighted by atomic mass is 9.85. The number of carbonyl (C=O) groups is 1. The van der Waals surface area contributed by atoms with Gasteiger partial charge < -0.3 is 5.32 Å². The topological polar surface area (TPSA) is 29.1 Å². The molecular weight excluding hydrogens is 234 g/mol. The van der Waals surface area contributed by atoms with E-state index in [1.54, 1.807) is 0 Å². The summed E-state index contributed by atoms with van der Waals surface area (Å²) in [6.45, 7) is 6.37. The van der Waals surface area contributed by atoms with E-state index in [9.17, 15) is 4.79 Å². The first-order valence-electron chi connectivity index (χ1n) is 7.12. The lowest BCUT2D eigenvalue weighted by Gasteiger charge is -2.29. The van der Waals surface area contributed by atoms with E-state index in [1.165, 1.54) is 22.3 Å². The Balaban J connectivity index is 1.97. The summed E-state index contributed by atoms with van der Waals surface area (Å²) in [6, 6.07) is 4.85. The van der Waals surface area contributed by atoms with Gasteiger partial charge in [0.1, 0.15) is 5.78 Å². The van der Waals surface area contributed by atoms with Gasteiger partial charge >= 0.3 is 0 Å². The van der Waals surface area contributed by atoms with E-state index in [0.717, 1.165) is 12.8 Å². The average Bonchev–Trinajstić information content (AvgIpc) is 2.70. The smallest absolute Gasteiger partial charge is 0.136 e. The Kier molecular flexibility index (Phi) is 2.96. The molecule has 0 saturated heterocycles. The molecule has 2 heteroatoms. The Bertz CT molecular complexity index is 559. The quantitative estimate of drug-likeness (QED) is 0.831. The summed E-state index contributed by atoms with van der Waals surface area (Å²) in [4.78, 5) is 11.8. The first-order chi connectivity index (χ1) is 9.06. The molecule has 0 amide bonds. The molecule has 0 radical (unpaired) electrons. The summed E-state index contributed by atoms with van der Waals surface area (Å²) in [5, 5.41) is 3.47. The Morgan fingerprint density at radius 3 is 2.63 bits per heavy atom. The fourth-order valence-electron chi connectivity index (χ4n) is 3.38. The van der Waals surface area contributed by atoms with Gasteiger partial charge in [-0.3, -0.25) is 4.79 Å². The molecule has 3 atom stereocenters. The predicted molar refractivity (Wildman–Crippen MR) is 77.7 cm³/mol. The van der Waals surface area contributed by atoms with Gasteiger partial charge in [-0.25, -0.2) is 0 Å². The highest BCUT2D eigenvalue weighted by Crippen LogP contribution is 2.40. The van der Waals surface area contributed by atoms with Gasteiger partial charge in [0.05, 0.1) is 6.04 Å². The van der Waals surface area contributed by atoms with Crippen molar-refractivity contribution in [1.29, 1.82) is 0 Å². The number of hydrogen-bond acceptors (Lipinski definition) is 2. The van der Waals surface area contributed by atoms with Crippen molar-refractivity contribution in [1.82, 2.24) is 5.32 Å². The highest BCUT2D eigenvalue weighted by Gasteiger charge is 2.36. The molecule has 0 aromatic heterocycles. The van der Waals surface area contributed by atoms with Crippen molar-refractivity contribution >= 4 is 11.9 Å². The molecule has 2 nitrogen and oxygen atoms in total. The van der Waals surface area contributed by atoms with Crippen LogP contribution in [0.1, 0.15) is 48.1 Å². The summed E-state index contributed by atoms with van der Waals surface area (Å²) < 4.78 is 0. The fraction of sp³-hybridized carbons (Fsp3) is 0.471. The van der Waals surface area contributed by atoms with Crippen LogP contribution in [0.5, 0.6) is 0 Å². The number of hydrogen-bond donors (Lipinski definition) is 1. The number of benzene rings is 1. The van der Waals surface area contributed by atoms with Crippen LogP contribution in [0.3, 0.4) is 0 Å². The van der Waals surface area contributed by atoms with Gasteiger partial charge in [-0.1, -0.05) is 19.1 Å². The zero-order valence-electron chi connectivity index (χ0n) is 11.9. The van der Waals surface area contributed by atoms with Crippen LogP contribution in [0.4, 0.5) is 0 Å². The van der Waals surface area contributed by atoms with Crippen molar-refractivity contribution in [2.45, 2.75) is 39.7 Å². The van der Waals surface area contributed by atoms with Crippen LogP contribution in [0.2, 0.25) is 0 Å².